The van der Waals surface area contributed by atoms with Crippen LogP contribution in [0.3, 0.4) is 0 Å². The average molecular weight is 313 g/mol. The van der Waals surface area contributed by atoms with Gasteiger partial charge >= 0.3 is 0 Å². The minimum Gasteiger partial charge on any atom is -0.382 e. The Bertz CT molecular complexity index is 558. The van der Waals surface area contributed by atoms with Gasteiger partial charge in [-0.1, -0.05) is 0 Å². The van der Waals surface area contributed by atoms with Crippen LogP contribution in [0.1, 0.15) is 42.9 Å². The first-order chi connectivity index (χ1) is 8.41. The molecule has 0 fully saturated rings. The lowest BCUT2D eigenvalue weighted by Gasteiger charge is -2.16. The van der Waals surface area contributed by atoms with E-state index < -0.39 is 6.10 Å². The molecular formula is C12H17BrN4O. The van der Waals surface area contributed by atoms with Crippen molar-refractivity contribution in [1.82, 2.24) is 19.6 Å². The van der Waals surface area contributed by atoms with E-state index in [4.69, 9.17) is 0 Å². The number of halogens is 1. The van der Waals surface area contributed by atoms with Crippen LogP contribution in [-0.2, 0) is 7.05 Å². The van der Waals surface area contributed by atoms with Crippen molar-refractivity contribution in [2.45, 2.75) is 32.9 Å². The molecule has 2 rings (SSSR count). The van der Waals surface area contributed by atoms with E-state index in [2.05, 4.69) is 26.1 Å². The van der Waals surface area contributed by atoms with Crippen molar-refractivity contribution < 1.29 is 5.11 Å². The number of aliphatic hydroxyl groups is 1. The summed E-state index contributed by atoms with van der Waals surface area (Å²) in [5, 5.41) is 19.1. The van der Waals surface area contributed by atoms with Gasteiger partial charge in [-0.15, -0.1) is 0 Å². The minimum absolute atomic E-state index is 0.193. The molecule has 2 heterocycles. The molecule has 0 bridgehead atoms. The Kier molecular flexibility index (Phi) is 3.59. The van der Waals surface area contributed by atoms with Gasteiger partial charge in [-0.05, 0) is 36.7 Å². The highest BCUT2D eigenvalue weighted by Gasteiger charge is 2.23. The third-order valence-corrected chi connectivity index (χ3v) is 3.49. The Morgan fingerprint density at radius 3 is 2.56 bits per heavy atom. The summed E-state index contributed by atoms with van der Waals surface area (Å²) in [6.45, 7) is 5.96. The average Bonchev–Trinajstić information content (AvgIpc) is 2.81. The largest absolute Gasteiger partial charge is 0.382 e. The maximum absolute atomic E-state index is 10.5. The van der Waals surface area contributed by atoms with Gasteiger partial charge in [0.2, 0.25) is 0 Å². The zero-order valence-corrected chi connectivity index (χ0v) is 12.5. The molecule has 5 nitrogen and oxygen atoms in total. The number of hydrogen-bond acceptors (Lipinski definition) is 3. The molecule has 0 saturated carbocycles. The molecule has 0 saturated heterocycles. The van der Waals surface area contributed by atoms with Crippen LogP contribution >= 0.6 is 15.9 Å². The van der Waals surface area contributed by atoms with Crippen LogP contribution < -0.4 is 0 Å². The summed E-state index contributed by atoms with van der Waals surface area (Å²) in [5.41, 5.74) is 2.40. The van der Waals surface area contributed by atoms with Gasteiger partial charge in [0, 0.05) is 24.8 Å². The summed E-state index contributed by atoms with van der Waals surface area (Å²) < 4.78 is 4.34. The third-order valence-electron chi connectivity index (χ3n) is 2.88. The Labute approximate surface area is 115 Å². The number of aromatic nitrogens is 4. The molecule has 2 aromatic rings. The number of nitrogens with zero attached hydrogens (tertiary/aromatic N) is 4. The number of aryl methyl sites for hydroxylation is 2. The van der Waals surface area contributed by atoms with Gasteiger partial charge in [0.25, 0.3) is 0 Å². The molecule has 2 aromatic heterocycles. The van der Waals surface area contributed by atoms with E-state index in [1.807, 2.05) is 38.7 Å². The van der Waals surface area contributed by atoms with E-state index >= 15 is 0 Å². The summed E-state index contributed by atoms with van der Waals surface area (Å²) in [6.07, 6.45) is 2.83. The van der Waals surface area contributed by atoms with Gasteiger partial charge in [0.15, 0.2) is 0 Å². The van der Waals surface area contributed by atoms with Crippen LogP contribution in [0.2, 0.25) is 0 Å². The summed E-state index contributed by atoms with van der Waals surface area (Å²) in [6, 6.07) is 0.193. The van der Waals surface area contributed by atoms with Crippen LogP contribution in [-0.4, -0.2) is 24.7 Å². The highest BCUT2D eigenvalue weighted by Crippen LogP contribution is 2.31. The lowest BCUT2D eigenvalue weighted by atomic mass is 10.1. The summed E-state index contributed by atoms with van der Waals surface area (Å²) in [5.74, 6) is 0. The van der Waals surface area contributed by atoms with Crippen molar-refractivity contribution in [3.63, 3.8) is 0 Å². The molecule has 0 aromatic carbocycles. The molecule has 1 N–H and O–H groups in total. The first kappa shape index (κ1) is 13.3. The quantitative estimate of drug-likeness (QED) is 0.946. The standard InChI is InChI=1S/C12H17BrN4O/c1-7(2)17-11(10(13)5-14-17)12(18)9-6-16(4)15-8(9)3/h5-7,12,18H,1-4H3. The molecule has 0 aliphatic heterocycles. The molecule has 1 atom stereocenters. The fourth-order valence-corrected chi connectivity index (χ4v) is 2.54. The van der Waals surface area contributed by atoms with Crippen LogP contribution in [0.15, 0.2) is 16.9 Å². The summed E-state index contributed by atoms with van der Waals surface area (Å²) in [4.78, 5) is 0. The predicted octanol–water partition coefficient (Wildman–Crippen LogP) is 2.35. The zero-order valence-electron chi connectivity index (χ0n) is 10.9. The number of rotatable bonds is 3. The van der Waals surface area contributed by atoms with Crippen molar-refractivity contribution in [3.05, 3.63) is 33.8 Å². The molecular weight excluding hydrogens is 296 g/mol. The second kappa shape index (κ2) is 4.85. The molecule has 98 valence electrons. The molecule has 0 radical (unpaired) electrons. The smallest absolute Gasteiger partial charge is 0.125 e. The normalized spacial score (nSPS) is 13.3. The molecule has 0 aliphatic carbocycles. The molecule has 1 unspecified atom stereocenters. The number of aliphatic hydroxyl groups excluding tert-OH is 1. The van der Waals surface area contributed by atoms with Gasteiger partial charge in [0.05, 0.1) is 22.1 Å². The highest BCUT2D eigenvalue weighted by molar-refractivity contribution is 9.10. The molecule has 18 heavy (non-hydrogen) atoms. The van der Waals surface area contributed by atoms with Crippen molar-refractivity contribution in [3.8, 4) is 0 Å². The number of hydrogen-bond donors (Lipinski definition) is 1. The van der Waals surface area contributed by atoms with E-state index in [9.17, 15) is 5.11 Å². The maximum atomic E-state index is 10.5. The molecule has 0 amide bonds. The molecule has 0 aliphatic rings. The topological polar surface area (TPSA) is 55.9 Å². The van der Waals surface area contributed by atoms with E-state index in [1.165, 1.54) is 0 Å². The monoisotopic (exact) mass is 312 g/mol. The second-order valence-electron chi connectivity index (χ2n) is 4.66. The fourth-order valence-electron chi connectivity index (χ4n) is 2.05. The van der Waals surface area contributed by atoms with Gasteiger partial charge in [-0.25, -0.2) is 0 Å². The Hall–Kier alpha value is -1.14. The molecule has 6 heteroatoms. The lowest BCUT2D eigenvalue weighted by Crippen LogP contribution is -2.13. The van der Waals surface area contributed by atoms with Crippen molar-refractivity contribution in [1.29, 1.82) is 0 Å². The summed E-state index contributed by atoms with van der Waals surface area (Å²) in [7, 11) is 1.85. The van der Waals surface area contributed by atoms with E-state index in [0.717, 1.165) is 21.4 Å². The van der Waals surface area contributed by atoms with Crippen molar-refractivity contribution in [2.75, 3.05) is 0 Å². The third kappa shape index (κ3) is 2.22. The Balaban J connectivity index is 2.48. The minimum atomic E-state index is -0.724. The van der Waals surface area contributed by atoms with Gasteiger partial charge < -0.3 is 5.11 Å². The van der Waals surface area contributed by atoms with Crippen molar-refractivity contribution >= 4 is 15.9 Å². The SMILES string of the molecule is Cc1nn(C)cc1C(O)c1c(Br)cnn1C(C)C. The fraction of sp³-hybridized carbons (Fsp3) is 0.500. The van der Waals surface area contributed by atoms with Crippen LogP contribution in [0.25, 0.3) is 0 Å². The molecule has 0 spiro atoms. The van der Waals surface area contributed by atoms with Gasteiger partial charge in [-0.3, -0.25) is 9.36 Å². The van der Waals surface area contributed by atoms with Crippen LogP contribution in [0.4, 0.5) is 0 Å². The van der Waals surface area contributed by atoms with Crippen molar-refractivity contribution in [2.24, 2.45) is 7.05 Å². The van der Waals surface area contributed by atoms with E-state index in [1.54, 1.807) is 10.9 Å². The Morgan fingerprint density at radius 2 is 2.06 bits per heavy atom. The maximum Gasteiger partial charge on any atom is 0.125 e. The van der Waals surface area contributed by atoms with Crippen LogP contribution in [0.5, 0.6) is 0 Å². The first-order valence-electron chi connectivity index (χ1n) is 5.83. The lowest BCUT2D eigenvalue weighted by molar-refractivity contribution is 0.203. The zero-order chi connectivity index (χ0) is 13.4. The van der Waals surface area contributed by atoms with Gasteiger partial charge in [0.1, 0.15) is 6.10 Å². The first-order valence-corrected chi connectivity index (χ1v) is 6.62. The van der Waals surface area contributed by atoms with E-state index in [-0.39, 0.29) is 6.04 Å². The van der Waals surface area contributed by atoms with Gasteiger partial charge in [-0.2, -0.15) is 10.2 Å². The Morgan fingerprint density at radius 1 is 1.39 bits per heavy atom. The van der Waals surface area contributed by atoms with E-state index in [0.29, 0.717) is 0 Å². The van der Waals surface area contributed by atoms with Crippen LogP contribution in [0, 0.1) is 6.92 Å². The summed E-state index contributed by atoms with van der Waals surface area (Å²) >= 11 is 3.44. The predicted molar refractivity (Wildman–Crippen MR) is 72.3 cm³/mol. The highest BCUT2D eigenvalue weighted by atomic mass is 79.9. The second-order valence-corrected chi connectivity index (χ2v) is 5.52.